The van der Waals surface area contributed by atoms with Crippen LogP contribution in [0.15, 0.2) is 104 Å². The molecule has 4 rings (SSSR count). The van der Waals surface area contributed by atoms with Crippen LogP contribution in [0.2, 0.25) is 0 Å². The van der Waals surface area contributed by atoms with Crippen molar-refractivity contribution >= 4 is 23.9 Å². The van der Waals surface area contributed by atoms with E-state index in [2.05, 4.69) is 6.58 Å². The standard InChI is InChI=1S/C31H28O9/c1-3-13-24(37-28(33)21-14-7-4-8-15-21)25-26(38-29(34)22-16-9-5-10-17-22)27(31(40-25)36-20(2)32)39-30(35)23-18-11-6-12-19-23/h3-12,14-19,24-27,31H,1,13H2,2H3/t24-,25-,26-,27-,31?/m1/s1. The topological polar surface area (TPSA) is 114 Å². The fourth-order valence-electron chi connectivity index (χ4n) is 4.19. The molecule has 1 heterocycles. The summed E-state index contributed by atoms with van der Waals surface area (Å²) in [7, 11) is 0. The normalized spacial score (nSPS) is 20.5. The van der Waals surface area contributed by atoms with E-state index in [9.17, 15) is 19.2 Å². The second-order valence-electron chi connectivity index (χ2n) is 8.88. The van der Waals surface area contributed by atoms with Crippen molar-refractivity contribution in [1.82, 2.24) is 0 Å². The Balaban J connectivity index is 1.69. The van der Waals surface area contributed by atoms with E-state index >= 15 is 0 Å². The number of carbonyl (C=O) groups excluding carboxylic acids is 4. The maximum Gasteiger partial charge on any atom is 0.338 e. The van der Waals surface area contributed by atoms with E-state index < -0.39 is 54.6 Å². The number of ether oxygens (including phenoxy) is 5. The summed E-state index contributed by atoms with van der Waals surface area (Å²) < 4.78 is 28.6. The molecule has 1 aliphatic heterocycles. The molecular weight excluding hydrogens is 516 g/mol. The maximum absolute atomic E-state index is 13.1. The zero-order valence-corrected chi connectivity index (χ0v) is 21.7. The van der Waals surface area contributed by atoms with Gasteiger partial charge in [0.05, 0.1) is 16.7 Å². The second-order valence-corrected chi connectivity index (χ2v) is 8.88. The van der Waals surface area contributed by atoms with E-state index in [1.165, 1.54) is 6.08 Å². The molecule has 0 N–H and O–H groups in total. The number of rotatable bonds is 10. The third-order valence-corrected chi connectivity index (χ3v) is 6.03. The van der Waals surface area contributed by atoms with Crippen LogP contribution in [-0.4, -0.2) is 54.6 Å². The van der Waals surface area contributed by atoms with Crippen LogP contribution in [0.1, 0.15) is 44.4 Å². The third kappa shape index (κ3) is 7.00. The predicted octanol–water partition coefficient (Wildman–Crippen LogP) is 4.53. The average Bonchev–Trinajstić information content (AvgIpc) is 3.29. The molecule has 1 aliphatic rings. The van der Waals surface area contributed by atoms with Crippen molar-refractivity contribution < 1.29 is 42.9 Å². The first-order valence-electron chi connectivity index (χ1n) is 12.6. The fourth-order valence-corrected chi connectivity index (χ4v) is 4.19. The van der Waals surface area contributed by atoms with Crippen LogP contribution in [0.25, 0.3) is 0 Å². The van der Waals surface area contributed by atoms with Gasteiger partial charge in [-0.25, -0.2) is 14.4 Å². The number of hydrogen-bond donors (Lipinski definition) is 0. The Labute approximate surface area is 231 Å². The largest absolute Gasteiger partial charge is 0.456 e. The minimum absolute atomic E-state index is 0.0920. The van der Waals surface area contributed by atoms with E-state index in [-0.39, 0.29) is 23.1 Å². The van der Waals surface area contributed by atoms with E-state index in [0.29, 0.717) is 0 Å². The minimum Gasteiger partial charge on any atom is -0.456 e. The zero-order chi connectivity index (χ0) is 28.5. The van der Waals surface area contributed by atoms with Gasteiger partial charge in [0.15, 0.2) is 6.10 Å². The summed E-state index contributed by atoms with van der Waals surface area (Å²) in [6.45, 7) is 4.90. The van der Waals surface area contributed by atoms with Gasteiger partial charge in [0.2, 0.25) is 12.4 Å². The fraction of sp³-hybridized carbons (Fsp3) is 0.226. The molecule has 5 atom stereocenters. The second kappa shape index (κ2) is 13.3. The molecule has 3 aromatic carbocycles. The van der Waals surface area contributed by atoms with Crippen molar-refractivity contribution in [3.05, 3.63) is 120 Å². The lowest BCUT2D eigenvalue weighted by Gasteiger charge is -2.28. The summed E-state index contributed by atoms with van der Waals surface area (Å²) >= 11 is 0. The van der Waals surface area contributed by atoms with Gasteiger partial charge in [-0.3, -0.25) is 4.79 Å². The van der Waals surface area contributed by atoms with Gasteiger partial charge in [-0.2, -0.15) is 0 Å². The van der Waals surface area contributed by atoms with Crippen LogP contribution in [-0.2, 0) is 28.5 Å². The smallest absolute Gasteiger partial charge is 0.338 e. The molecule has 9 nitrogen and oxygen atoms in total. The van der Waals surface area contributed by atoms with E-state index in [0.717, 1.165) is 6.92 Å². The Kier molecular flexibility index (Phi) is 9.43. The van der Waals surface area contributed by atoms with Gasteiger partial charge in [0.25, 0.3) is 0 Å². The van der Waals surface area contributed by atoms with Crippen LogP contribution in [0.3, 0.4) is 0 Å². The molecule has 9 heteroatoms. The molecule has 1 unspecified atom stereocenters. The van der Waals surface area contributed by atoms with Crippen LogP contribution in [0.5, 0.6) is 0 Å². The van der Waals surface area contributed by atoms with E-state index in [1.807, 2.05) is 0 Å². The quantitative estimate of drug-likeness (QED) is 0.206. The minimum atomic E-state index is -1.45. The third-order valence-electron chi connectivity index (χ3n) is 6.03. The van der Waals surface area contributed by atoms with Gasteiger partial charge >= 0.3 is 23.9 Å². The van der Waals surface area contributed by atoms with Crippen molar-refractivity contribution in [3.63, 3.8) is 0 Å². The molecule has 0 amide bonds. The van der Waals surface area contributed by atoms with Gasteiger partial charge in [0.1, 0.15) is 12.2 Å². The number of benzene rings is 3. The highest BCUT2D eigenvalue weighted by Crippen LogP contribution is 2.33. The summed E-state index contributed by atoms with van der Waals surface area (Å²) in [6.07, 6.45) is -4.78. The lowest BCUT2D eigenvalue weighted by Crippen LogP contribution is -2.45. The lowest BCUT2D eigenvalue weighted by atomic mass is 10.0. The molecule has 206 valence electrons. The van der Waals surface area contributed by atoms with Gasteiger partial charge in [-0.05, 0) is 36.4 Å². The molecule has 0 spiro atoms. The van der Waals surface area contributed by atoms with Crippen molar-refractivity contribution in [2.45, 2.75) is 44.1 Å². The number of hydrogen-bond acceptors (Lipinski definition) is 9. The number of esters is 4. The Morgan fingerprint density at radius 3 is 1.62 bits per heavy atom. The zero-order valence-electron chi connectivity index (χ0n) is 21.7. The lowest BCUT2D eigenvalue weighted by molar-refractivity contribution is -0.191. The van der Waals surface area contributed by atoms with Crippen molar-refractivity contribution in [2.75, 3.05) is 0 Å². The van der Waals surface area contributed by atoms with Crippen LogP contribution < -0.4 is 0 Å². The van der Waals surface area contributed by atoms with E-state index in [4.69, 9.17) is 23.7 Å². The Morgan fingerprint density at radius 2 is 1.18 bits per heavy atom. The maximum atomic E-state index is 13.1. The van der Waals surface area contributed by atoms with Crippen LogP contribution in [0, 0.1) is 0 Å². The van der Waals surface area contributed by atoms with Crippen molar-refractivity contribution in [3.8, 4) is 0 Å². The predicted molar refractivity (Wildman–Crippen MR) is 142 cm³/mol. The highest BCUT2D eigenvalue weighted by atomic mass is 16.8. The molecule has 0 bridgehead atoms. The van der Waals surface area contributed by atoms with Gasteiger partial charge in [0, 0.05) is 13.3 Å². The van der Waals surface area contributed by atoms with Crippen molar-refractivity contribution in [1.29, 1.82) is 0 Å². The Hall–Kier alpha value is -4.76. The Morgan fingerprint density at radius 1 is 0.725 bits per heavy atom. The molecule has 40 heavy (non-hydrogen) atoms. The summed E-state index contributed by atoms with van der Waals surface area (Å²) in [5.41, 5.74) is 0.738. The summed E-state index contributed by atoms with van der Waals surface area (Å²) in [5, 5.41) is 0. The molecule has 0 aliphatic carbocycles. The number of carbonyl (C=O) groups is 4. The summed E-state index contributed by atoms with van der Waals surface area (Å²) in [5.74, 6) is -2.87. The summed E-state index contributed by atoms with van der Waals surface area (Å²) in [6, 6.07) is 24.6. The molecule has 1 saturated heterocycles. The highest BCUT2D eigenvalue weighted by molar-refractivity contribution is 5.91. The van der Waals surface area contributed by atoms with Crippen molar-refractivity contribution in [2.24, 2.45) is 0 Å². The molecule has 0 saturated carbocycles. The van der Waals surface area contributed by atoms with Gasteiger partial charge in [-0.1, -0.05) is 60.7 Å². The first-order valence-corrected chi connectivity index (χ1v) is 12.6. The van der Waals surface area contributed by atoms with Crippen LogP contribution >= 0.6 is 0 Å². The summed E-state index contributed by atoms with van der Waals surface area (Å²) in [4.78, 5) is 51.1. The molecule has 1 fully saturated rings. The van der Waals surface area contributed by atoms with E-state index in [1.54, 1.807) is 91.0 Å². The first-order chi connectivity index (χ1) is 19.4. The first kappa shape index (κ1) is 28.3. The molecule has 0 aromatic heterocycles. The molecular formula is C31H28O9. The van der Waals surface area contributed by atoms with Gasteiger partial charge in [-0.15, -0.1) is 6.58 Å². The average molecular weight is 545 g/mol. The molecule has 3 aromatic rings. The SMILES string of the molecule is C=CC[C@@H](OC(=O)c1ccccc1)[C@H]1OC(OC(C)=O)[C@H](OC(=O)c2ccccc2)[C@@H]1OC(=O)c1ccccc1. The van der Waals surface area contributed by atoms with Crippen LogP contribution in [0.4, 0.5) is 0 Å². The monoisotopic (exact) mass is 544 g/mol. The molecule has 0 radical (unpaired) electrons. The van der Waals surface area contributed by atoms with Gasteiger partial charge < -0.3 is 23.7 Å². The highest BCUT2D eigenvalue weighted by Gasteiger charge is 2.55. The Bertz CT molecular complexity index is 1320.